The van der Waals surface area contributed by atoms with E-state index in [1.165, 1.54) is 19.2 Å². The van der Waals surface area contributed by atoms with E-state index >= 15 is 0 Å². The van der Waals surface area contributed by atoms with Gasteiger partial charge in [-0.1, -0.05) is 30.3 Å². The Balaban J connectivity index is 2.08. The van der Waals surface area contributed by atoms with E-state index in [1.54, 1.807) is 36.4 Å². The van der Waals surface area contributed by atoms with Crippen LogP contribution in [0.2, 0.25) is 0 Å². The van der Waals surface area contributed by atoms with Crippen molar-refractivity contribution in [3.63, 3.8) is 0 Å². The third-order valence-corrected chi connectivity index (χ3v) is 4.38. The fourth-order valence-electron chi connectivity index (χ4n) is 1.81. The topological polar surface area (TPSA) is 75.3 Å². The van der Waals surface area contributed by atoms with Gasteiger partial charge >= 0.3 is 0 Å². The van der Waals surface area contributed by atoms with Gasteiger partial charge < -0.3 is 5.32 Å². The molecule has 5 nitrogen and oxygen atoms in total. The van der Waals surface area contributed by atoms with E-state index in [4.69, 9.17) is 0 Å². The van der Waals surface area contributed by atoms with E-state index in [1.807, 2.05) is 6.07 Å². The van der Waals surface area contributed by atoms with Gasteiger partial charge in [0.2, 0.25) is 10.0 Å². The van der Waals surface area contributed by atoms with Crippen LogP contribution in [0.5, 0.6) is 0 Å². The molecule has 0 aliphatic rings. The fourth-order valence-corrected chi connectivity index (χ4v) is 2.61. The number of sulfonamides is 1. The zero-order chi connectivity index (χ0) is 15.3. The third kappa shape index (κ3) is 3.90. The number of rotatable bonds is 5. The molecule has 21 heavy (non-hydrogen) atoms. The zero-order valence-corrected chi connectivity index (χ0v) is 12.4. The molecule has 0 unspecified atom stereocenters. The number of carbonyl (C=O) groups excluding carboxylic acids is 1. The first-order valence-corrected chi connectivity index (χ1v) is 7.87. The first kappa shape index (κ1) is 15.2. The van der Waals surface area contributed by atoms with Crippen molar-refractivity contribution in [2.24, 2.45) is 0 Å². The van der Waals surface area contributed by atoms with Crippen LogP contribution in [0.1, 0.15) is 15.9 Å². The van der Waals surface area contributed by atoms with Crippen molar-refractivity contribution in [1.29, 1.82) is 0 Å². The minimum Gasteiger partial charge on any atom is -0.348 e. The molecule has 1 amide bonds. The highest BCUT2D eigenvalue weighted by Gasteiger charge is 2.11. The molecule has 0 saturated carbocycles. The summed E-state index contributed by atoms with van der Waals surface area (Å²) in [6.45, 7) is 0.265. The Hall–Kier alpha value is -2.18. The fraction of sp³-hybridized carbons (Fsp3) is 0.133. The number of hydrogen-bond donors (Lipinski definition) is 2. The first-order chi connectivity index (χ1) is 10.0. The molecule has 0 aliphatic carbocycles. The molecule has 2 aromatic rings. The van der Waals surface area contributed by atoms with Crippen molar-refractivity contribution in [2.75, 3.05) is 7.05 Å². The highest BCUT2D eigenvalue weighted by atomic mass is 32.2. The van der Waals surface area contributed by atoms with E-state index in [0.717, 1.165) is 5.56 Å². The first-order valence-electron chi connectivity index (χ1n) is 6.38. The third-order valence-electron chi connectivity index (χ3n) is 2.97. The molecule has 6 heteroatoms. The van der Waals surface area contributed by atoms with Crippen LogP contribution in [-0.4, -0.2) is 21.4 Å². The summed E-state index contributed by atoms with van der Waals surface area (Å²) in [7, 11) is -2.11. The summed E-state index contributed by atoms with van der Waals surface area (Å²) >= 11 is 0. The van der Waals surface area contributed by atoms with E-state index in [9.17, 15) is 13.2 Å². The van der Waals surface area contributed by atoms with Crippen LogP contribution in [0.15, 0.2) is 59.5 Å². The smallest absolute Gasteiger partial charge is 0.251 e. The largest absolute Gasteiger partial charge is 0.348 e. The molecule has 0 aliphatic heterocycles. The van der Waals surface area contributed by atoms with Crippen molar-refractivity contribution in [1.82, 2.24) is 10.0 Å². The minimum absolute atomic E-state index is 0.177. The lowest BCUT2D eigenvalue weighted by atomic mass is 10.2. The molecule has 0 fully saturated rings. The highest BCUT2D eigenvalue weighted by molar-refractivity contribution is 7.89. The maximum Gasteiger partial charge on any atom is 0.251 e. The van der Waals surface area contributed by atoms with Gasteiger partial charge in [0.25, 0.3) is 5.91 Å². The SMILES string of the molecule is CNS(=O)(=O)c1cccc(CNC(=O)c2ccccc2)c1. The standard InChI is InChI=1S/C15H16N2O3S/c1-16-21(19,20)14-9-5-6-12(10-14)11-17-15(18)13-7-3-2-4-8-13/h2-10,16H,11H2,1H3,(H,17,18). The molecule has 2 N–H and O–H groups in total. The Morgan fingerprint density at radius 3 is 2.43 bits per heavy atom. The summed E-state index contributed by atoms with van der Waals surface area (Å²) in [5.74, 6) is -0.197. The molecule has 0 saturated heterocycles. The average Bonchev–Trinajstić information content (AvgIpc) is 2.53. The Morgan fingerprint density at radius 1 is 1.05 bits per heavy atom. The predicted molar refractivity (Wildman–Crippen MR) is 80.3 cm³/mol. The molecule has 0 radical (unpaired) electrons. The molecular formula is C15H16N2O3S. The quantitative estimate of drug-likeness (QED) is 0.879. The molecule has 0 atom stereocenters. The summed E-state index contributed by atoms with van der Waals surface area (Å²) < 4.78 is 25.7. The van der Waals surface area contributed by atoms with Gasteiger partial charge in [0, 0.05) is 12.1 Å². The van der Waals surface area contributed by atoms with Gasteiger partial charge in [0.05, 0.1) is 4.90 Å². The Bertz CT molecular complexity index is 728. The monoisotopic (exact) mass is 304 g/mol. The lowest BCUT2D eigenvalue weighted by Crippen LogP contribution is -2.23. The van der Waals surface area contributed by atoms with Gasteiger partial charge in [-0.25, -0.2) is 13.1 Å². The maximum atomic E-state index is 11.9. The molecule has 110 valence electrons. The maximum absolute atomic E-state index is 11.9. The molecule has 0 aromatic heterocycles. The van der Waals surface area contributed by atoms with Crippen molar-refractivity contribution >= 4 is 15.9 Å². The molecular weight excluding hydrogens is 288 g/mol. The second kappa shape index (κ2) is 6.51. The van der Waals surface area contributed by atoms with Gasteiger partial charge in [0.15, 0.2) is 0 Å². The van der Waals surface area contributed by atoms with Gasteiger partial charge in [-0.3, -0.25) is 4.79 Å². The Kier molecular flexibility index (Phi) is 4.72. The summed E-state index contributed by atoms with van der Waals surface area (Å²) in [6.07, 6.45) is 0. The van der Waals surface area contributed by atoms with Gasteiger partial charge in [-0.15, -0.1) is 0 Å². The average molecular weight is 304 g/mol. The van der Waals surface area contributed by atoms with Gasteiger partial charge in [0.1, 0.15) is 0 Å². The number of amides is 1. The van der Waals surface area contributed by atoms with Gasteiger partial charge in [-0.05, 0) is 36.9 Å². The zero-order valence-electron chi connectivity index (χ0n) is 11.5. The summed E-state index contributed by atoms with van der Waals surface area (Å²) in [5, 5.41) is 2.76. The van der Waals surface area contributed by atoms with Crippen LogP contribution in [0.25, 0.3) is 0 Å². The van der Waals surface area contributed by atoms with Crippen LogP contribution >= 0.6 is 0 Å². The second-order valence-electron chi connectivity index (χ2n) is 4.40. The number of hydrogen-bond acceptors (Lipinski definition) is 3. The number of benzene rings is 2. The van der Waals surface area contributed by atoms with E-state index < -0.39 is 10.0 Å². The van der Waals surface area contributed by atoms with Gasteiger partial charge in [-0.2, -0.15) is 0 Å². The number of nitrogens with one attached hydrogen (secondary N) is 2. The Morgan fingerprint density at radius 2 is 1.76 bits per heavy atom. The highest BCUT2D eigenvalue weighted by Crippen LogP contribution is 2.11. The van der Waals surface area contributed by atoms with Crippen LogP contribution in [0.4, 0.5) is 0 Å². The molecule has 0 heterocycles. The van der Waals surface area contributed by atoms with Crippen molar-refractivity contribution in [3.8, 4) is 0 Å². The van der Waals surface area contributed by atoms with Crippen LogP contribution < -0.4 is 10.0 Å². The van der Waals surface area contributed by atoms with Crippen molar-refractivity contribution in [2.45, 2.75) is 11.4 Å². The van der Waals surface area contributed by atoms with Crippen LogP contribution in [0.3, 0.4) is 0 Å². The molecule has 2 aromatic carbocycles. The predicted octanol–water partition coefficient (Wildman–Crippen LogP) is 1.52. The molecule has 0 bridgehead atoms. The van der Waals surface area contributed by atoms with Crippen LogP contribution in [0, 0.1) is 0 Å². The van der Waals surface area contributed by atoms with E-state index in [2.05, 4.69) is 10.0 Å². The Labute approximate surface area is 124 Å². The minimum atomic E-state index is -3.47. The lowest BCUT2D eigenvalue weighted by Gasteiger charge is -2.07. The van der Waals surface area contributed by atoms with Crippen molar-refractivity contribution < 1.29 is 13.2 Å². The molecule has 0 spiro atoms. The summed E-state index contributed by atoms with van der Waals surface area (Å²) in [4.78, 5) is 12.1. The summed E-state index contributed by atoms with van der Waals surface area (Å²) in [6, 6.07) is 15.3. The van der Waals surface area contributed by atoms with Crippen LogP contribution in [-0.2, 0) is 16.6 Å². The lowest BCUT2D eigenvalue weighted by molar-refractivity contribution is 0.0951. The van der Waals surface area contributed by atoms with E-state index in [0.29, 0.717) is 5.56 Å². The van der Waals surface area contributed by atoms with Crippen molar-refractivity contribution in [3.05, 3.63) is 65.7 Å². The number of carbonyl (C=O) groups is 1. The molecule has 2 rings (SSSR count). The second-order valence-corrected chi connectivity index (χ2v) is 6.29. The summed E-state index contributed by atoms with van der Waals surface area (Å²) in [5.41, 5.74) is 1.28. The van der Waals surface area contributed by atoms with E-state index in [-0.39, 0.29) is 17.3 Å². The normalized spacial score (nSPS) is 11.1.